The molecule has 10 heteroatoms. The Morgan fingerprint density at radius 2 is 1.52 bits per heavy atom. The number of halogens is 2. The molecule has 0 aliphatic heterocycles. The second-order valence-electron chi connectivity index (χ2n) is 9.66. The standard InChI is InChI=1S/C30H35Cl2N3O4S/c1-5-22(4)33-30(37)28(6-2)34(19-23-9-7-8-10-27(23)32)29(36)20-35(25-15-13-24(31)14-16-25)40(38,39)26-17-11-21(3)12-18-26/h7-18,22,28H,5-6,19-20H2,1-4H3,(H,33,37)/t22-,28-/m1/s1. The highest BCUT2D eigenvalue weighted by molar-refractivity contribution is 7.92. The molecule has 7 nitrogen and oxygen atoms in total. The molecule has 0 spiro atoms. The number of amides is 2. The number of carbonyl (C=O) groups excluding carboxylic acids is 2. The van der Waals surface area contributed by atoms with Crippen LogP contribution in [0.15, 0.2) is 77.7 Å². The first-order chi connectivity index (χ1) is 19.0. The molecule has 3 rings (SSSR count). The predicted molar refractivity (Wildman–Crippen MR) is 161 cm³/mol. The second kappa shape index (κ2) is 14.0. The van der Waals surface area contributed by atoms with E-state index in [1.807, 2.05) is 27.7 Å². The smallest absolute Gasteiger partial charge is 0.264 e. The Hall–Kier alpha value is -3.07. The second-order valence-corrected chi connectivity index (χ2v) is 12.4. The van der Waals surface area contributed by atoms with Crippen LogP contribution < -0.4 is 9.62 Å². The SMILES string of the molecule is CC[C@@H](C)NC(=O)[C@@H](CC)N(Cc1ccccc1Cl)C(=O)CN(c1ccc(Cl)cc1)S(=O)(=O)c1ccc(C)cc1. The fourth-order valence-corrected chi connectivity index (χ4v) is 5.88. The Kier molecular flexibility index (Phi) is 11.0. The largest absolute Gasteiger partial charge is 0.352 e. The number of hydrogen-bond donors (Lipinski definition) is 1. The molecule has 0 heterocycles. The molecule has 3 aromatic carbocycles. The normalized spacial score (nSPS) is 12.8. The van der Waals surface area contributed by atoms with E-state index in [0.717, 1.165) is 16.3 Å². The van der Waals surface area contributed by atoms with Crippen molar-refractivity contribution in [2.24, 2.45) is 0 Å². The van der Waals surface area contributed by atoms with Crippen molar-refractivity contribution in [3.8, 4) is 0 Å². The topological polar surface area (TPSA) is 86.8 Å². The Morgan fingerprint density at radius 3 is 2.10 bits per heavy atom. The van der Waals surface area contributed by atoms with Crippen LogP contribution in [-0.2, 0) is 26.2 Å². The minimum atomic E-state index is -4.15. The first-order valence-electron chi connectivity index (χ1n) is 13.2. The van der Waals surface area contributed by atoms with Crippen molar-refractivity contribution in [1.29, 1.82) is 0 Å². The minimum absolute atomic E-state index is 0.0317. The van der Waals surface area contributed by atoms with Crippen molar-refractivity contribution >= 4 is 50.7 Å². The highest BCUT2D eigenvalue weighted by atomic mass is 35.5. The van der Waals surface area contributed by atoms with E-state index < -0.39 is 28.5 Å². The monoisotopic (exact) mass is 603 g/mol. The van der Waals surface area contributed by atoms with E-state index >= 15 is 0 Å². The fourth-order valence-electron chi connectivity index (χ4n) is 4.14. The minimum Gasteiger partial charge on any atom is -0.352 e. The lowest BCUT2D eigenvalue weighted by Crippen LogP contribution is -2.53. The number of carbonyl (C=O) groups is 2. The van der Waals surface area contributed by atoms with Crippen molar-refractivity contribution in [3.63, 3.8) is 0 Å². The lowest BCUT2D eigenvalue weighted by molar-refractivity contribution is -0.140. The van der Waals surface area contributed by atoms with Gasteiger partial charge in [-0.25, -0.2) is 8.42 Å². The molecule has 0 aliphatic carbocycles. The van der Waals surface area contributed by atoms with Crippen LogP contribution in [0.25, 0.3) is 0 Å². The summed E-state index contributed by atoms with van der Waals surface area (Å²) in [5, 5.41) is 3.83. The summed E-state index contributed by atoms with van der Waals surface area (Å²) < 4.78 is 28.8. The van der Waals surface area contributed by atoms with Crippen molar-refractivity contribution in [2.45, 2.75) is 64.1 Å². The summed E-state index contributed by atoms with van der Waals surface area (Å²) in [6, 6.07) is 18.8. The molecule has 40 heavy (non-hydrogen) atoms. The highest BCUT2D eigenvalue weighted by Crippen LogP contribution is 2.27. The van der Waals surface area contributed by atoms with E-state index in [9.17, 15) is 18.0 Å². The average molecular weight is 605 g/mol. The quantitative estimate of drug-likeness (QED) is 0.266. The van der Waals surface area contributed by atoms with E-state index in [-0.39, 0.29) is 29.1 Å². The summed E-state index contributed by atoms with van der Waals surface area (Å²) in [6.45, 7) is 7.02. The van der Waals surface area contributed by atoms with Gasteiger partial charge in [-0.2, -0.15) is 0 Å². The molecule has 214 valence electrons. The molecule has 0 aliphatic rings. The molecule has 0 radical (unpaired) electrons. The van der Waals surface area contributed by atoms with Gasteiger partial charge in [0, 0.05) is 22.6 Å². The van der Waals surface area contributed by atoms with Crippen molar-refractivity contribution in [1.82, 2.24) is 10.2 Å². The van der Waals surface area contributed by atoms with E-state index in [2.05, 4.69) is 5.32 Å². The van der Waals surface area contributed by atoms with Crippen LogP contribution in [0.1, 0.15) is 44.7 Å². The number of nitrogens with one attached hydrogen (secondary N) is 1. The number of nitrogens with zero attached hydrogens (tertiary/aromatic N) is 2. The van der Waals surface area contributed by atoms with E-state index in [1.165, 1.54) is 17.0 Å². The molecule has 3 aromatic rings. The Morgan fingerprint density at radius 1 is 0.900 bits per heavy atom. The van der Waals surface area contributed by atoms with Gasteiger partial charge < -0.3 is 10.2 Å². The van der Waals surface area contributed by atoms with E-state index in [1.54, 1.807) is 60.7 Å². The van der Waals surface area contributed by atoms with Crippen LogP contribution in [-0.4, -0.2) is 43.8 Å². The number of rotatable bonds is 12. The molecule has 2 atom stereocenters. The predicted octanol–water partition coefficient (Wildman–Crippen LogP) is 6.22. The van der Waals surface area contributed by atoms with Gasteiger partial charge in [-0.05, 0) is 74.7 Å². The van der Waals surface area contributed by atoms with Gasteiger partial charge in [0.1, 0.15) is 12.6 Å². The molecule has 0 aromatic heterocycles. The maximum absolute atomic E-state index is 14.1. The molecule has 0 saturated heterocycles. The first kappa shape index (κ1) is 31.5. The summed E-state index contributed by atoms with van der Waals surface area (Å²) in [5.41, 5.74) is 1.82. The lowest BCUT2D eigenvalue weighted by Gasteiger charge is -2.34. The number of anilines is 1. The Labute approximate surface area is 247 Å². The zero-order chi connectivity index (χ0) is 29.4. The van der Waals surface area contributed by atoms with Gasteiger partial charge in [0.05, 0.1) is 10.6 Å². The Balaban J connectivity index is 2.06. The van der Waals surface area contributed by atoms with Gasteiger partial charge in [0.2, 0.25) is 11.8 Å². The van der Waals surface area contributed by atoms with Gasteiger partial charge in [-0.3, -0.25) is 13.9 Å². The van der Waals surface area contributed by atoms with E-state index in [0.29, 0.717) is 22.0 Å². The third kappa shape index (κ3) is 7.77. The van der Waals surface area contributed by atoms with Gasteiger partial charge >= 0.3 is 0 Å². The number of sulfonamides is 1. The number of hydrogen-bond acceptors (Lipinski definition) is 4. The van der Waals surface area contributed by atoms with Crippen LogP contribution in [0, 0.1) is 6.92 Å². The maximum atomic E-state index is 14.1. The van der Waals surface area contributed by atoms with Crippen molar-refractivity contribution < 1.29 is 18.0 Å². The van der Waals surface area contributed by atoms with Gasteiger partial charge in [0.15, 0.2) is 0 Å². The van der Waals surface area contributed by atoms with Crippen LogP contribution in [0.3, 0.4) is 0 Å². The summed E-state index contributed by atoms with van der Waals surface area (Å²) in [7, 11) is -4.15. The van der Waals surface area contributed by atoms with Gasteiger partial charge in [0.25, 0.3) is 10.0 Å². The Bertz CT molecular complexity index is 1410. The fraction of sp³-hybridized carbons (Fsp3) is 0.333. The third-order valence-electron chi connectivity index (χ3n) is 6.69. The average Bonchev–Trinajstić information content (AvgIpc) is 2.93. The molecular formula is C30H35Cl2N3O4S. The zero-order valence-corrected chi connectivity index (χ0v) is 25.4. The summed E-state index contributed by atoms with van der Waals surface area (Å²) in [6.07, 6.45) is 1.05. The molecule has 0 saturated carbocycles. The third-order valence-corrected chi connectivity index (χ3v) is 9.10. The first-order valence-corrected chi connectivity index (χ1v) is 15.4. The molecule has 0 fully saturated rings. The van der Waals surface area contributed by atoms with Gasteiger partial charge in [-0.15, -0.1) is 0 Å². The van der Waals surface area contributed by atoms with Crippen LogP contribution >= 0.6 is 23.2 Å². The van der Waals surface area contributed by atoms with Crippen molar-refractivity contribution in [2.75, 3.05) is 10.8 Å². The lowest BCUT2D eigenvalue weighted by atomic mass is 10.1. The molecule has 0 unspecified atom stereocenters. The van der Waals surface area contributed by atoms with Gasteiger partial charge in [-0.1, -0.05) is 72.9 Å². The zero-order valence-electron chi connectivity index (χ0n) is 23.1. The number of aryl methyl sites for hydroxylation is 1. The molecule has 2 amide bonds. The van der Waals surface area contributed by atoms with Crippen LogP contribution in [0.5, 0.6) is 0 Å². The summed E-state index contributed by atoms with van der Waals surface area (Å²) in [4.78, 5) is 28.8. The van der Waals surface area contributed by atoms with Crippen molar-refractivity contribution in [3.05, 3.63) is 94.0 Å². The summed E-state index contributed by atoms with van der Waals surface area (Å²) in [5.74, 6) is -0.853. The summed E-state index contributed by atoms with van der Waals surface area (Å²) >= 11 is 12.5. The number of benzene rings is 3. The molecule has 1 N–H and O–H groups in total. The van der Waals surface area contributed by atoms with E-state index in [4.69, 9.17) is 23.2 Å². The van der Waals surface area contributed by atoms with Crippen LogP contribution in [0.4, 0.5) is 5.69 Å². The van der Waals surface area contributed by atoms with Crippen LogP contribution in [0.2, 0.25) is 10.0 Å². The molecular weight excluding hydrogens is 569 g/mol. The highest BCUT2D eigenvalue weighted by Gasteiger charge is 2.34. The maximum Gasteiger partial charge on any atom is 0.264 e. The molecule has 0 bridgehead atoms.